The van der Waals surface area contributed by atoms with Crippen LogP contribution in [-0.4, -0.2) is 33.4 Å². The summed E-state index contributed by atoms with van der Waals surface area (Å²) in [5.74, 6) is 0.326. The van der Waals surface area contributed by atoms with Gasteiger partial charge in [0.05, 0.1) is 11.5 Å². The number of thioether (sulfide) groups is 1. The number of amides is 1. The summed E-state index contributed by atoms with van der Waals surface area (Å²) in [7, 11) is 0. The lowest BCUT2D eigenvalue weighted by Crippen LogP contribution is -2.27. The second-order valence-corrected chi connectivity index (χ2v) is 5.73. The quantitative estimate of drug-likeness (QED) is 0.684. The van der Waals surface area contributed by atoms with E-state index in [0.717, 1.165) is 0 Å². The predicted octanol–water partition coefficient (Wildman–Crippen LogP) is 3.01. The van der Waals surface area contributed by atoms with E-state index in [1.165, 1.54) is 16.7 Å². The van der Waals surface area contributed by atoms with Gasteiger partial charge in [0.25, 0.3) is 5.91 Å². The molecule has 1 aliphatic rings. The number of rotatable bonds is 4. The van der Waals surface area contributed by atoms with E-state index < -0.39 is 0 Å². The van der Waals surface area contributed by atoms with Crippen LogP contribution < -0.4 is 4.74 Å². The van der Waals surface area contributed by atoms with E-state index in [9.17, 15) is 9.90 Å². The lowest BCUT2D eigenvalue weighted by atomic mass is 10.1. The number of benzene rings is 1. The third-order valence-electron chi connectivity index (χ3n) is 2.81. The van der Waals surface area contributed by atoms with Gasteiger partial charge in [-0.1, -0.05) is 36.1 Å². The number of hydrogen-bond donors (Lipinski definition) is 1. The molecule has 1 heterocycles. The van der Waals surface area contributed by atoms with Crippen LogP contribution in [0.2, 0.25) is 0 Å². The minimum absolute atomic E-state index is 0.0381. The highest BCUT2D eigenvalue weighted by Crippen LogP contribution is 2.36. The van der Waals surface area contributed by atoms with Crippen molar-refractivity contribution in [1.29, 1.82) is 0 Å². The average molecular weight is 309 g/mol. The zero-order valence-corrected chi connectivity index (χ0v) is 12.9. The fourth-order valence-corrected chi connectivity index (χ4v) is 3.22. The molecule has 2 rings (SSSR count). The molecule has 0 unspecified atom stereocenters. The van der Waals surface area contributed by atoms with Gasteiger partial charge in [-0.05, 0) is 26.0 Å². The molecule has 1 fully saturated rings. The van der Waals surface area contributed by atoms with E-state index in [-0.39, 0.29) is 11.7 Å². The highest BCUT2D eigenvalue weighted by Gasteiger charge is 2.30. The minimum atomic E-state index is -0.122. The molecular weight excluding hydrogens is 294 g/mol. The van der Waals surface area contributed by atoms with Crippen molar-refractivity contribution in [2.45, 2.75) is 13.8 Å². The van der Waals surface area contributed by atoms with Gasteiger partial charge < -0.3 is 9.84 Å². The van der Waals surface area contributed by atoms with Gasteiger partial charge in [0.15, 0.2) is 11.5 Å². The van der Waals surface area contributed by atoms with Crippen LogP contribution in [0.5, 0.6) is 11.5 Å². The number of para-hydroxylation sites is 1. The molecule has 1 aromatic rings. The van der Waals surface area contributed by atoms with Crippen LogP contribution in [0.1, 0.15) is 19.4 Å². The Morgan fingerprint density at radius 3 is 2.80 bits per heavy atom. The van der Waals surface area contributed by atoms with E-state index in [1.807, 2.05) is 13.8 Å². The molecule has 0 spiro atoms. The molecule has 4 nitrogen and oxygen atoms in total. The first kappa shape index (κ1) is 14.9. The molecule has 0 radical (unpaired) electrons. The van der Waals surface area contributed by atoms with Gasteiger partial charge in [-0.25, -0.2) is 0 Å². The van der Waals surface area contributed by atoms with Crippen molar-refractivity contribution in [3.05, 3.63) is 28.7 Å². The monoisotopic (exact) mass is 309 g/mol. The Morgan fingerprint density at radius 2 is 2.20 bits per heavy atom. The molecule has 1 saturated heterocycles. The molecule has 1 N–H and O–H groups in total. The molecule has 0 saturated carbocycles. The van der Waals surface area contributed by atoms with Crippen LogP contribution in [0, 0.1) is 0 Å². The Hall–Kier alpha value is -1.53. The standard InChI is InChI=1S/C14H15NO3S2/c1-3-15-13(17)11(20-14(15)19)8-9-6-5-7-10(12(9)16)18-4-2/h5-8,16H,3-4H2,1-2H3/b11-8-. The zero-order valence-electron chi connectivity index (χ0n) is 11.3. The largest absolute Gasteiger partial charge is 0.504 e. The Kier molecular flexibility index (Phi) is 4.67. The summed E-state index contributed by atoms with van der Waals surface area (Å²) in [4.78, 5) is 14.2. The SMILES string of the molecule is CCOc1cccc(/C=C2\SC(=S)N(CC)C2=O)c1O. The molecule has 1 aromatic carbocycles. The Labute approximate surface area is 127 Å². The van der Waals surface area contributed by atoms with Crippen molar-refractivity contribution in [3.8, 4) is 11.5 Å². The fraction of sp³-hybridized carbons (Fsp3) is 0.286. The van der Waals surface area contributed by atoms with Crippen molar-refractivity contribution in [2.75, 3.05) is 13.2 Å². The second-order valence-electron chi connectivity index (χ2n) is 4.05. The number of phenolic OH excluding ortho intramolecular Hbond substituents is 1. The number of carbonyl (C=O) groups excluding carboxylic acids is 1. The van der Waals surface area contributed by atoms with Gasteiger partial charge in [-0.15, -0.1) is 0 Å². The predicted molar refractivity (Wildman–Crippen MR) is 84.8 cm³/mol. The summed E-state index contributed by atoms with van der Waals surface area (Å²) in [6.45, 7) is 4.74. The van der Waals surface area contributed by atoms with Crippen molar-refractivity contribution in [3.63, 3.8) is 0 Å². The zero-order chi connectivity index (χ0) is 14.7. The van der Waals surface area contributed by atoms with Gasteiger partial charge >= 0.3 is 0 Å². The molecule has 0 atom stereocenters. The third kappa shape index (κ3) is 2.81. The summed E-state index contributed by atoms with van der Waals surface area (Å²) < 4.78 is 5.87. The third-order valence-corrected chi connectivity index (χ3v) is 4.18. The van der Waals surface area contributed by atoms with Crippen LogP contribution in [0.15, 0.2) is 23.1 Å². The summed E-state index contributed by atoms with van der Waals surface area (Å²) >= 11 is 6.40. The van der Waals surface area contributed by atoms with E-state index in [1.54, 1.807) is 24.3 Å². The van der Waals surface area contributed by atoms with E-state index in [4.69, 9.17) is 17.0 Å². The van der Waals surface area contributed by atoms with Gasteiger partial charge in [0.1, 0.15) is 4.32 Å². The molecule has 1 aliphatic heterocycles. The van der Waals surface area contributed by atoms with E-state index >= 15 is 0 Å². The maximum Gasteiger partial charge on any atom is 0.266 e. The Bertz CT molecular complexity index is 584. The number of aromatic hydroxyl groups is 1. The lowest BCUT2D eigenvalue weighted by molar-refractivity contribution is -0.121. The van der Waals surface area contributed by atoms with Gasteiger partial charge in [0.2, 0.25) is 0 Å². The molecule has 1 amide bonds. The van der Waals surface area contributed by atoms with Crippen LogP contribution in [-0.2, 0) is 4.79 Å². The van der Waals surface area contributed by atoms with Gasteiger partial charge in [0, 0.05) is 12.1 Å². The fourth-order valence-electron chi connectivity index (χ4n) is 1.84. The molecule has 106 valence electrons. The van der Waals surface area contributed by atoms with E-state index in [2.05, 4.69) is 0 Å². The number of likely N-dealkylation sites (N-methyl/N-ethyl adjacent to an activating group) is 1. The van der Waals surface area contributed by atoms with Crippen molar-refractivity contribution in [1.82, 2.24) is 4.90 Å². The first-order chi connectivity index (χ1) is 9.58. The normalized spacial score (nSPS) is 17.1. The lowest BCUT2D eigenvalue weighted by Gasteiger charge is -2.10. The van der Waals surface area contributed by atoms with Crippen molar-refractivity contribution in [2.24, 2.45) is 0 Å². The number of phenols is 1. The maximum atomic E-state index is 12.1. The molecular formula is C14H15NO3S2. The molecule has 20 heavy (non-hydrogen) atoms. The van der Waals surface area contributed by atoms with E-state index in [0.29, 0.717) is 33.7 Å². The topological polar surface area (TPSA) is 49.8 Å². The first-order valence-electron chi connectivity index (χ1n) is 6.28. The molecule has 6 heteroatoms. The number of ether oxygens (including phenoxy) is 1. The van der Waals surface area contributed by atoms with Crippen LogP contribution in [0.3, 0.4) is 0 Å². The highest BCUT2D eigenvalue weighted by atomic mass is 32.2. The Balaban J connectivity index is 2.34. The number of carbonyl (C=O) groups is 1. The summed E-state index contributed by atoms with van der Waals surface area (Å²) in [6, 6.07) is 5.20. The molecule has 0 bridgehead atoms. The minimum Gasteiger partial charge on any atom is -0.504 e. The maximum absolute atomic E-state index is 12.1. The molecule has 0 aliphatic carbocycles. The smallest absolute Gasteiger partial charge is 0.266 e. The van der Waals surface area contributed by atoms with Crippen molar-refractivity contribution < 1.29 is 14.6 Å². The van der Waals surface area contributed by atoms with Gasteiger partial charge in [-0.3, -0.25) is 9.69 Å². The van der Waals surface area contributed by atoms with Crippen LogP contribution >= 0.6 is 24.0 Å². The number of hydrogen-bond acceptors (Lipinski definition) is 5. The summed E-state index contributed by atoms with van der Waals surface area (Å²) in [6.07, 6.45) is 1.65. The number of nitrogens with zero attached hydrogens (tertiary/aromatic N) is 1. The van der Waals surface area contributed by atoms with Crippen LogP contribution in [0.25, 0.3) is 6.08 Å². The summed E-state index contributed by atoms with van der Waals surface area (Å²) in [5, 5.41) is 10.1. The number of thiocarbonyl (C=S) groups is 1. The average Bonchev–Trinajstić information content (AvgIpc) is 2.69. The first-order valence-corrected chi connectivity index (χ1v) is 7.51. The van der Waals surface area contributed by atoms with Gasteiger partial charge in [-0.2, -0.15) is 0 Å². The summed E-state index contributed by atoms with van der Waals surface area (Å²) in [5.41, 5.74) is 0.549. The van der Waals surface area contributed by atoms with Crippen molar-refractivity contribution >= 4 is 40.3 Å². The Morgan fingerprint density at radius 1 is 1.45 bits per heavy atom. The molecule has 0 aromatic heterocycles. The van der Waals surface area contributed by atoms with Crippen LogP contribution in [0.4, 0.5) is 0 Å². The second kappa shape index (κ2) is 6.28. The highest BCUT2D eigenvalue weighted by molar-refractivity contribution is 8.26.